The van der Waals surface area contributed by atoms with E-state index in [0.29, 0.717) is 6.07 Å². The molecule has 7 nitrogen and oxygen atoms in total. The topological polar surface area (TPSA) is 113 Å². The summed E-state index contributed by atoms with van der Waals surface area (Å²) in [5.74, 6) is -3.72. The molecule has 1 aromatic rings. The van der Waals surface area contributed by atoms with Crippen LogP contribution in [0.4, 0.5) is 14.5 Å². The molecule has 0 spiro atoms. The van der Waals surface area contributed by atoms with Gasteiger partial charge >= 0.3 is 5.69 Å². The first-order valence-electron chi connectivity index (χ1n) is 5.07. The van der Waals surface area contributed by atoms with E-state index in [-0.39, 0.29) is 12.6 Å². The normalized spacial score (nSPS) is 12.0. The van der Waals surface area contributed by atoms with Crippen LogP contribution in [-0.4, -0.2) is 40.3 Å². The lowest BCUT2D eigenvalue weighted by Gasteiger charge is -2.09. The zero-order chi connectivity index (χ0) is 14.6. The molecule has 1 unspecified atom stereocenters. The van der Waals surface area contributed by atoms with Crippen molar-refractivity contribution in [3.8, 4) is 0 Å². The van der Waals surface area contributed by atoms with E-state index in [0.717, 1.165) is 0 Å². The minimum Gasteiger partial charge on any atom is -0.394 e. The van der Waals surface area contributed by atoms with Crippen LogP contribution < -0.4 is 5.32 Å². The van der Waals surface area contributed by atoms with Crippen LogP contribution in [0.1, 0.15) is 10.4 Å². The highest BCUT2D eigenvalue weighted by Crippen LogP contribution is 2.21. The van der Waals surface area contributed by atoms with Crippen molar-refractivity contribution in [1.82, 2.24) is 5.32 Å². The van der Waals surface area contributed by atoms with Gasteiger partial charge in [-0.2, -0.15) is 4.39 Å². The second-order valence-corrected chi connectivity index (χ2v) is 3.59. The summed E-state index contributed by atoms with van der Waals surface area (Å²) in [6.07, 6.45) is -1.25. The summed E-state index contributed by atoms with van der Waals surface area (Å²) >= 11 is 0. The molecule has 1 rings (SSSR count). The first-order valence-corrected chi connectivity index (χ1v) is 5.07. The van der Waals surface area contributed by atoms with Crippen molar-refractivity contribution in [1.29, 1.82) is 0 Å². The first kappa shape index (κ1) is 14.9. The molecule has 0 aromatic heterocycles. The molecule has 0 heterocycles. The van der Waals surface area contributed by atoms with Crippen molar-refractivity contribution in [2.24, 2.45) is 0 Å². The van der Waals surface area contributed by atoms with Crippen LogP contribution in [0.15, 0.2) is 12.1 Å². The van der Waals surface area contributed by atoms with E-state index in [1.807, 2.05) is 5.32 Å². The predicted molar refractivity (Wildman–Crippen MR) is 58.4 cm³/mol. The molecule has 0 aliphatic heterocycles. The number of halogens is 2. The maximum absolute atomic E-state index is 13.3. The standard InChI is InChI=1S/C10H10F2N2O5/c11-7-2-8(12)9(14(18)19)1-6(7)10(17)13-3-5(16)4-15/h1-2,5,15-16H,3-4H2,(H,13,17). The molecule has 0 aliphatic carbocycles. The van der Waals surface area contributed by atoms with E-state index in [2.05, 4.69) is 0 Å². The highest BCUT2D eigenvalue weighted by atomic mass is 19.1. The molecule has 0 saturated heterocycles. The summed E-state index contributed by atoms with van der Waals surface area (Å²) in [7, 11) is 0. The molecule has 0 saturated carbocycles. The van der Waals surface area contributed by atoms with Crippen molar-refractivity contribution in [2.45, 2.75) is 6.10 Å². The van der Waals surface area contributed by atoms with Crippen LogP contribution in [0.3, 0.4) is 0 Å². The van der Waals surface area contributed by atoms with Gasteiger partial charge < -0.3 is 15.5 Å². The molecule has 1 aromatic carbocycles. The molecule has 0 radical (unpaired) electrons. The fraction of sp³-hybridized carbons (Fsp3) is 0.300. The molecule has 0 fully saturated rings. The minimum atomic E-state index is -1.39. The summed E-state index contributed by atoms with van der Waals surface area (Å²) < 4.78 is 26.3. The predicted octanol–water partition coefficient (Wildman–Crippen LogP) is -0.0440. The number of carbonyl (C=O) groups excluding carboxylic acids is 1. The maximum atomic E-state index is 13.3. The van der Waals surface area contributed by atoms with Crippen molar-refractivity contribution in [3.63, 3.8) is 0 Å². The Kier molecular flexibility index (Phi) is 4.84. The number of hydrogen-bond acceptors (Lipinski definition) is 5. The van der Waals surface area contributed by atoms with Crippen LogP contribution in [-0.2, 0) is 0 Å². The Morgan fingerprint density at radius 3 is 2.58 bits per heavy atom. The molecule has 104 valence electrons. The quantitative estimate of drug-likeness (QED) is 0.515. The molecule has 0 bridgehead atoms. The average Bonchev–Trinajstić information content (AvgIpc) is 2.35. The number of benzene rings is 1. The van der Waals surface area contributed by atoms with E-state index in [4.69, 9.17) is 10.2 Å². The second kappa shape index (κ2) is 6.16. The number of aliphatic hydroxyl groups is 2. The van der Waals surface area contributed by atoms with E-state index >= 15 is 0 Å². The van der Waals surface area contributed by atoms with Gasteiger partial charge in [-0.3, -0.25) is 14.9 Å². The summed E-state index contributed by atoms with van der Waals surface area (Å²) in [5, 5.41) is 30.0. The van der Waals surface area contributed by atoms with E-state index in [9.17, 15) is 23.7 Å². The average molecular weight is 276 g/mol. The molecular weight excluding hydrogens is 266 g/mol. The van der Waals surface area contributed by atoms with Gasteiger partial charge in [-0.25, -0.2) is 4.39 Å². The third kappa shape index (κ3) is 3.66. The number of amides is 1. The van der Waals surface area contributed by atoms with Gasteiger partial charge in [0, 0.05) is 18.7 Å². The summed E-state index contributed by atoms with van der Waals surface area (Å²) in [6.45, 7) is -0.994. The number of aliphatic hydroxyl groups excluding tert-OH is 2. The van der Waals surface area contributed by atoms with Crippen molar-refractivity contribution >= 4 is 11.6 Å². The van der Waals surface area contributed by atoms with Crippen molar-refractivity contribution in [2.75, 3.05) is 13.2 Å². The minimum absolute atomic E-state index is 0.232. The fourth-order valence-corrected chi connectivity index (χ4v) is 1.22. The molecular formula is C10H10F2N2O5. The third-order valence-electron chi connectivity index (χ3n) is 2.19. The Morgan fingerprint density at radius 1 is 1.42 bits per heavy atom. The number of hydrogen-bond donors (Lipinski definition) is 3. The van der Waals surface area contributed by atoms with Gasteiger partial charge in [0.25, 0.3) is 5.91 Å². The van der Waals surface area contributed by atoms with Crippen molar-refractivity contribution < 1.29 is 28.7 Å². The monoisotopic (exact) mass is 276 g/mol. The molecule has 0 aliphatic rings. The van der Waals surface area contributed by atoms with Crippen LogP contribution in [0.5, 0.6) is 0 Å². The number of nitrogens with one attached hydrogen (secondary N) is 1. The van der Waals surface area contributed by atoms with Gasteiger partial charge in [0.1, 0.15) is 5.82 Å². The summed E-state index contributed by atoms with van der Waals surface area (Å²) in [6, 6.07) is 0.695. The fourth-order valence-electron chi connectivity index (χ4n) is 1.22. The highest BCUT2D eigenvalue weighted by Gasteiger charge is 2.22. The Labute approximate surface area is 105 Å². The molecule has 9 heteroatoms. The van der Waals surface area contributed by atoms with Crippen LogP contribution in [0, 0.1) is 21.7 Å². The van der Waals surface area contributed by atoms with Crippen molar-refractivity contribution in [3.05, 3.63) is 39.4 Å². The summed E-state index contributed by atoms with van der Waals surface area (Å²) in [4.78, 5) is 20.9. The number of nitrogens with zero attached hydrogens (tertiary/aromatic N) is 1. The highest BCUT2D eigenvalue weighted by molar-refractivity contribution is 5.95. The zero-order valence-electron chi connectivity index (χ0n) is 9.47. The van der Waals surface area contributed by atoms with E-state index in [1.165, 1.54) is 0 Å². The van der Waals surface area contributed by atoms with Crippen LogP contribution in [0.2, 0.25) is 0 Å². The number of nitro groups is 1. The number of rotatable bonds is 5. The van der Waals surface area contributed by atoms with Crippen LogP contribution in [0.25, 0.3) is 0 Å². The smallest absolute Gasteiger partial charge is 0.305 e. The SMILES string of the molecule is O=C(NCC(O)CO)c1cc([N+](=O)[O-])c(F)cc1F. The Morgan fingerprint density at radius 2 is 2.05 bits per heavy atom. The Hall–Kier alpha value is -2.13. The number of carbonyl (C=O) groups is 1. The van der Waals surface area contributed by atoms with Gasteiger partial charge in [-0.05, 0) is 0 Å². The molecule has 1 atom stereocenters. The Balaban J connectivity index is 2.96. The van der Waals surface area contributed by atoms with Gasteiger partial charge in [0.05, 0.1) is 23.2 Å². The van der Waals surface area contributed by atoms with Gasteiger partial charge in [-0.15, -0.1) is 0 Å². The van der Waals surface area contributed by atoms with E-state index in [1.54, 1.807) is 0 Å². The largest absolute Gasteiger partial charge is 0.394 e. The lowest BCUT2D eigenvalue weighted by molar-refractivity contribution is -0.387. The Bertz CT molecular complexity index is 509. The molecule has 3 N–H and O–H groups in total. The number of nitro benzene ring substituents is 1. The zero-order valence-corrected chi connectivity index (χ0v) is 9.47. The second-order valence-electron chi connectivity index (χ2n) is 3.59. The third-order valence-corrected chi connectivity index (χ3v) is 2.19. The lowest BCUT2D eigenvalue weighted by Crippen LogP contribution is -2.34. The van der Waals surface area contributed by atoms with E-state index < -0.39 is 46.4 Å². The molecule has 1 amide bonds. The van der Waals surface area contributed by atoms with Gasteiger partial charge in [0.2, 0.25) is 5.82 Å². The van der Waals surface area contributed by atoms with Crippen LogP contribution >= 0.6 is 0 Å². The maximum Gasteiger partial charge on any atom is 0.305 e. The van der Waals surface area contributed by atoms with Gasteiger partial charge in [-0.1, -0.05) is 0 Å². The first-order chi connectivity index (χ1) is 8.86. The summed E-state index contributed by atoms with van der Waals surface area (Å²) in [5.41, 5.74) is -1.76. The lowest BCUT2D eigenvalue weighted by atomic mass is 10.1. The van der Waals surface area contributed by atoms with Gasteiger partial charge in [0.15, 0.2) is 0 Å². The molecule has 19 heavy (non-hydrogen) atoms.